The zero-order valence-corrected chi connectivity index (χ0v) is 14.9. The lowest BCUT2D eigenvalue weighted by Crippen LogP contribution is -2.22. The molecule has 0 unspecified atom stereocenters. The number of thioether (sulfide) groups is 1. The number of benzene rings is 1. The molecule has 0 atom stereocenters. The summed E-state index contributed by atoms with van der Waals surface area (Å²) in [5.41, 5.74) is 1.28. The Morgan fingerprint density at radius 3 is 2.68 bits per heavy atom. The third-order valence-corrected chi connectivity index (χ3v) is 4.51. The Bertz CT molecular complexity index is 636. The van der Waals surface area contributed by atoms with Crippen LogP contribution in [0.2, 0.25) is 0 Å². The zero-order valence-electron chi connectivity index (χ0n) is 13.2. The first kappa shape index (κ1) is 17.2. The molecule has 0 spiro atoms. The van der Waals surface area contributed by atoms with E-state index in [0.29, 0.717) is 13.3 Å². The molecule has 0 radical (unpaired) electrons. The van der Waals surface area contributed by atoms with E-state index in [0.717, 1.165) is 17.9 Å². The summed E-state index contributed by atoms with van der Waals surface area (Å²) in [6, 6.07) is 8.63. The second-order valence-corrected chi connectivity index (χ2v) is 6.35. The lowest BCUT2D eigenvalue weighted by atomic mass is 10.2. The van der Waals surface area contributed by atoms with Crippen LogP contribution in [0.1, 0.15) is 5.56 Å². The van der Waals surface area contributed by atoms with Crippen LogP contribution < -0.4 is 0 Å². The zero-order chi connectivity index (χ0) is 15.9. The van der Waals surface area contributed by atoms with E-state index in [4.69, 9.17) is 17.0 Å². The van der Waals surface area contributed by atoms with Gasteiger partial charge in [-0.05, 0) is 43.2 Å². The van der Waals surface area contributed by atoms with Gasteiger partial charge in [-0.2, -0.15) is 5.10 Å². The van der Waals surface area contributed by atoms with Gasteiger partial charge in [-0.3, -0.25) is 4.90 Å². The first-order valence-corrected chi connectivity index (χ1v) is 8.70. The van der Waals surface area contributed by atoms with E-state index in [-0.39, 0.29) is 0 Å². The molecule has 1 heterocycles. The van der Waals surface area contributed by atoms with E-state index >= 15 is 0 Å². The van der Waals surface area contributed by atoms with Gasteiger partial charge in [-0.25, -0.2) is 4.68 Å². The van der Waals surface area contributed by atoms with Crippen molar-refractivity contribution in [3.8, 4) is 0 Å². The minimum atomic E-state index is 0.637. The summed E-state index contributed by atoms with van der Waals surface area (Å²) >= 11 is 7.19. The van der Waals surface area contributed by atoms with Gasteiger partial charge in [-0.1, -0.05) is 12.1 Å². The van der Waals surface area contributed by atoms with E-state index in [9.17, 15) is 0 Å². The summed E-state index contributed by atoms with van der Waals surface area (Å²) in [6.45, 7) is 2.90. The van der Waals surface area contributed by atoms with Crippen molar-refractivity contribution in [2.75, 3.05) is 27.0 Å². The molecule has 1 aromatic carbocycles. The van der Waals surface area contributed by atoms with Gasteiger partial charge < -0.3 is 9.30 Å². The van der Waals surface area contributed by atoms with Crippen molar-refractivity contribution in [1.29, 1.82) is 0 Å². The molecule has 1 aromatic heterocycles. The van der Waals surface area contributed by atoms with Gasteiger partial charge in [0, 0.05) is 25.1 Å². The highest BCUT2D eigenvalue weighted by atomic mass is 32.2. The topological polar surface area (TPSA) is 35.2 Å². The Hall–Kier alpha value is -1.15. The minimum Gasteiger partial charge on any atom is -0.383 e. The molecule has 0 aliphatic heterocycles. The Balaban J connectivity index is 1.95. The van der Waals surface area contributed by atoms with E-state index in [1.54, 1.807) is 25.2 Å². The third kappa shape index (κ3) is 4.67. The molecular weight excluding hydrogens is 316 g/mol. The predicted molar refractivity (Wildman–Crippen MR) is 92.6 cm³/mol. The number of aromatic nitrogens is 3. The van der Waals surface area contributed by atoms with Gasteiger partial charge in [-0.15, -0.1) is 11.8 Å². The summed E-state index contributed by atoms with van der Waals surface area (Å²) in [5.74, 6) is 0. The van der Waals surface area contributed by atoms with Gasteiger partial charge >= 0.3 is 0 Å². The highest BCUT2D eigenvalue weighted by Gasteiger charge is 2.06. The van der Waals surface area contributed by atoms with Crippen LogP contribution in [0.4, 0.5) is 0 Å². The normalized spacial score (nSPS) is 11.3. The van der Waals surface area contributed by atoms with Crippen LogP contribution >= 0.6 is 24.0 Å². The van der Waals surface area contributed by atoms with Crippen LogP contribution in [0.5, 0.6) is 0 Å². The predicted octanol–water partition coefficient (Wildman–Crippen LogP) is 2.87. The summed E-state index contributed by atoms with van der Waals surface area (Å²) in [7, 11) is 3.75. The third-order valence-electron chi connectivity index (χ3n) is 3.32. The molecule has 0 amide bonds. The van der Waals surface area contributed by atoms with Crippen LogP contribution in [0.3, 0.4) is 0 Å². The van der Waals surface area contributed by atoms with E-state index in [1.165, 1.54) is 10.5 Å². The van der Waals surface area contributed by atoms with Gasteiger partial charge in [0.2, 0.25) is 0 Å². The Morgan fingerprint density at radius 1 is 1.32 bits per heavy atom. The van der Waals surface area contributed by atoms with Crippen molar-refractivity contribution < 1.29 is 4.74 Å². The largest absolute Gasteiger partial charge is 0.383 e. The van der Waals surface area contributed by atoms with Gasteiger partial charge in [0.05, 0.1) is 13.3 Å². The van der Waals surface area contributed by atoms with E-state index < -0.39 is 0 Å². The number of hydrogen-bond acceptors (Lipinski definition) is 5. The molecule has 0 N–H and O–H groups in total. The number of ether oxygens (including phenoxy) is 1. The van der Waals surface area contributed by atoms with Crippen molar-refractivity contribution in [2.45, 2.75) is 24.7 Å². The van der Waals surface area contributed by atoms with Gasteiger partial charge in [0.25, 0.3) is 0 Å². The fraction of sp³-hybridized carbons (Fsp3) is 0.467. The maximum atomic E-state index is 5.43. The molecule has 0 saturated heterocycles. The fourth-order valence-corrected chi connectivity index (χ4v) is 2.78. The van der Waals surface area contributed by atoms with Crippen LogP contribution in [0.15, 0.2) is 35.5 Å². The number of rotatable bonds is 8. The summed E-state index contributed by atoms with van der Waals surface area (Å²) in [5, 5.41) is 4.35. The van der Waals surface area contributed by atoms with Crippen molar-refractivity contribution in [1.82, 2.24) is 19.2 Å². The summed E-state index contributed by atoms with van der Waals surface area (Å²) in [4.78, 5) is 3.47. The molecule has 2 rings (SSSR count). The molecule has 5 nitrogen and oxygen atoms in total. The highest BCUT2D eigenvalue weighted by Crippen LogP contribution is 2.15. The first-order chi connectivity index (χ1) is 10.6. The molecule has 2 aromatic rings. The molecule has 120 valence electrons. The molecule has 7 heteroatoms. The number of methoxy groups -OCH3 is 1. The van der Waals surface area contributed by atoms with Crippen LogP contribution in [-0.2, 0) is 24.5 Å². The van der Waals surface area contributed by atoms with Crippen LogP contribution in [-0.4, -0.2) is 46.3 Å². The van der Waals surface area contributed by atoms with Crippen molar-refractivity contribution in [3.63, 3.8) is 0 Å². The Labute approximate surface area is 140 Å². The molecule has 0 aliphatic carbocycles. The molecule has 0 saturated carbocycles. The Morgan fingerprint density at radius 2 is 2.05 bits per heavy atom. The molecule has 0 fully saturated rings. The van der Waals surface area contributed by atoms with Gasteiger partial charge in [0.1, 0.15) is 6.33 Å². The molecule has 0 aliphatic rings. The quantitative estimate of drug-likeness (QED) is 0.546. The molecular formula is C15H22N4OS2. The molecule has 0 bridgehead atoms. The summed E-state index contributed by atoms with van der Waals surface area (Å²) < 4.78 is 9.56. The average Bonchev–Trinajstić information content (AvgIpc) is 2.86. The van der Waals surface area contributed by atoms with Crippen molar-refractivity contribution >= 4 is 24.0 Å². The number of nitrogens with zero attached hydrogens (tertiary/aromatic N) is 4. The lowest BCUT2D eigenvalue weighted by molar-refractivity contribution is 0.186. The average molecular weight is 339 g/mol. The Kier molecular flexibility index (Phi) is 6.63. The second-order valence-electron chi connectivity index (χ2n) is 5.10. The monoisotopic (exact) mass is 338 g/mol. The summed E-state index contributed by atoms with van der Waals surface area (Å²) in [6.07, 6.45) is 3.85. The first-order valence-electron chi connectivity index (χ1n) is 7.06. The van der Waals surface area contributed by atoms with E-state index in [2.05, 4.69) is 47.6 Å². The SMILES string of the molecule is COCCn1cnn(CN(C)Cc2ccc(SC)cc2)c1=S. The van der Waals surface area contributed by atoms with Crippen molar-refractivity contribution in [3.05, 3.63) is 40.9 Å². The minimum absolute atomic E-state index is 0.637. The standard InChI is InChI=1S/C15H22N4OS2/c1-17(10-13-4-6-14(22-3)7-5-13)12-19-15(21)18(11-16-19)8-9-20-2/h4-7,11H,8-10,12H2,1-3H3. The smallest absolute Gasteiger partial charge is 0.198 e. The highest BCUT2D eigenvalue weighted by molar-refractivity contribution is 7.98. The maximum Gasteiger partial charge on any atom is 0.198 e. The van der Waals surface area contributed by atoms with E-state index in [1.807, 2.05) is 9.25 Å². The van der Waals surface area contributed by atoms with Crippen molar-refractivity contribution in [2.24, 2.45) is 0 Å². The molecule has 22 heavy (non-hydrogen) atoms. The van der Waals surface area contributed by atoms with Crippen LogP contribution in [0, 0.1) is 4.77 Å². The van der Waals surface area contributed by atoms with Gasteiger partial charge in [0.15, 0.2) is 4.77 Å². The maximum absolute atomic E-state index is 5.43. The number of hydrogen-bond donors (Lipinski definition) is 0. The van der Waals surface area contributed by atoms with Crippen LogP contribution in [0.25, 0.3) is 0 Å². The lowest BCUT2D eigenvalue weighted by Gasteiger charge is -2.16. The fourth-order valence-electron chi connectivity index (χ4n) is 2.13. The second kappa shape index (κ2) is 8.47.